The number of rotatable bonds is 4. The monoisotopic (exact) mass is 330 g/mol. The number of carbonyl (C=O) groups is 1. The maximum Gasteiger partial charge on any atom is 0.315 e. The predicted molar refractivity (Wildman–Crippen MR) is 88.4 cm³/mol. The molecule has 0 unspecified atom stereocenters. The lowest BCUT2D eigenvalue weighted by atomic mass is 10.1. The summed E-state index contributed by atoms with van der Waals surface area (Å²) >= 11 is 0. The van der Waals surface area contributed by atoms with Crippen LogP contribution in [0.2, 0.25) is 0 Å². The van der Waals surface area contributed by atoms with Gasteiger partial charge >= 0.3 is 6.03 Å². The van der Waals surface area contributed by atoms with Gasteiger partial charge in [0.25, 0.3) is 0 Å². The Labute approximate surface area is 140 Å². The molecule has 128 valence electrons. The van der Waals surface area contributed by atoms with Gasteiger partial charge in [-0.05, 0) is 25.8 Å². The van der Waals surface area contributed by atoms with E-state index in [9.17, 15) is 4.79 Å². The van der Waals surface area contributed by atoms with Gasteiger partial charge in [0.2, 0.25) is 5.95 Å². The summed E-state index contributed by atoms with van der Waals surface area (Å²) in [6.07, 6.45) is 7.00. The quantitative estimate of drug-likeness (QED) is 0.853. The Kier molecular flexibility index (Phi) is 4.88. The van der Waals surface area contributed by atoms with Gasteiger partial charge < -0.3 is 20.1 Å². The first-order valence-electron chi connectivity index (χ1n) is 8.06. The molecule has 1 fully saturated rings. The molecule has 0 bridgehead atoms. The van der Waals surface area contributed by atoms with Gasteiger partial charge in [0.1, 0.15) is 6.33 Å². The fourth-order valence-corrected chi connectivity index (χ4v) is 2.90. The van der Waals surface area contributed by atoms with Crippen molar-refractivity contribution in [1.29, 1.82) is 0 Å². The summed E-state index contributed by atoms with van der Waals surface area (Å²) in [6, 6.07) is 1.44. The van der Waals surface area contributed by atoms with Crippen LogP contribution in [0.25, 0.3) is 0 Å². The summed E-state index contributed by atoms with van der Waals surface area (Å²) in [4.78, 5) is 22.9. The van der Waals surface area contributed by atoms with Crippen LogP contribution in [0.15, 0.2) is 24.8 Å². The number of amides is 2. The van der Waals surface area contributed by atoms with Crippen molar-refractivity contribution in [2.75, 3.05) is 18.0 Å². The van der Waals surface area contributed by atoms with E-state index in [-0.39, 0.29) is 18.1 Å². The molecule has 2 amide bonds. The summed E-state index contributed by atoms with van der Waals surface area (Å²) in [7, 11) is 1.85. The fraction of sp³-hybridized carbons (Fsp3) is 0.533. The van der Waals surface area contributed by atoms with Crippen LogP contribution in [0.3, 0.4) is 0 Å². The highest BCUT2D eigenvalue weighted by atomic mass is 16.2. The molecular weight excluding hydrogens is 308 g/mol. The van der Waals surface area contributed by atoms with Gasteiger partial charge in [-0.1, -0.05) is 0 Å². The molecule has 2 atom stereocenters. The van der Waals surface area contributed by atoms with Gasteiger partial charge in [-0.15, -0.1) is 10.2 Å². The Hall–Kier alpha value is -2.71. The minimum atomic E-state index is -0.213. The molecule has 1 aliphatic heterocycles. The number of piperidine rings is 1. The third-order valence-corrected chi connectivity index (χ3v) is 4.07. The maximum absolute atomic E-state index is 12.2. The largest absolute Gasteiger partial charge is 0.339 e. The van der Waals surface area contributed by atoms with Gasteiger partial charge in [-0.2, -0.15) is 0 Å². The van der Waals surface area contributed by atoms with Gasteiger partial charge in [0.15, 0.2) is 5.82 Å². The van der Waals surface area contributed by atoms with E-state index in [1.807, 2.05) is 14.0 Å². The van der Waals surface area contributed by atoms with Crippen molar-refractivity contribution in [2.24, 2.45) is 7.05 Å². The van der Waals surface area contributed by atoms with Crippen LogP contribution in [-0.4, -0.2) is 49.9 Å². The minimum Gasteiger partial charge on any atom is -0.339 e. The van der Waals surface area contributed by atoms with Crippen molar-refractivity contribution in [1.82, 2.24) is 35.4 Å². The molecule has 2 N–H and O–H groups in total. The van der Waals surface area contributed by atoms with E-state index >= 15 is 0 Å². The lowest BCUT2D eigenvalue weighted by Gasteiger charge is -2.33. The zero-order valence-electron chi connectivity index (χ0n) is 13.9. The molecule has 2 aromatic heterocycles. The van der Waals surface area contributed by atoms with Crippen LogP contribution in [-0.2, 0) is 7.05 Å². The third kappa shape index (κ3) is 3.79. The average Bonchev–Trinajstić information content (AvgIpc) is 3.02. The molecule has 0 spiro atoms. The number of nitrogens with zero attached hydrogens (tertiary/aromatic N) is 6. The van der Waals surface area contributed by atoms with Gasteiger partial charge in [-0.3, -0.25) is 0 Å². The van der Waals surface area contributed by atoms with Crippen LogP contribution in [0.1, 0.15) is 31.6 Å². The summed E-state index contributed by atoms with van der Waals surface area (Å²) in [5.41, 5.74) is 0. The first-order valence-corrected chi connectivity index (χ1v) is 8.06. The minimum absolute atomic E-state index is 0.0641. The van der Waals surface area contributed by atoms with Gasteiger partial charge in [0.05, 0.1) is 6.04 Å². The van der Waals surface area contributed by atoms with Crippen molar-refractivity contribution in [3.8, 4) is 0 Å². The van der Waals surface area contributed by atoms with Crippen molar-refractivity contribution in [3.05, 3.63) is 30.6 Å². The molecule has 9 nitrogen and oxygen atoms in total. The number of aromatic nitrogens is 5. The van der Waals surface area contributed by atoms with E-state index in [0.29, 0.717) is 18.3 Å². The molecule has 9 heteroatoms. The molecule has 24 heavy (non-hydrogen) atoms. The molecule has 1 saturated heterocycles. The molecule has 1 aliphatic rings. The second-order valence-corrected chi connectivity index (χ2v) is 5.97. The van der Waals surface area contributed by atoms with E-state index in [2.05, 4.69) is 35.7 Å². The Balaban J connectivity index is 1.53. The number of aryl methyl sites for hydroxylation is 1. The zero-order chi connectivity index (χ0) is 16.9. The maximum atomic E-state index is 12.2. The smallest absolute Gasteiger partial charge is 0.315 e. The summed E-state index contributed by atoms with van der Waals surface area (Å²) in [5, 5.41) is 13.8. The van der Waals surface area contributed by atoms with Gasteiger partial charge in [0, 0.05) is 38.6 Å². The number of nitrogens with one attached hydrogen (secondary N) is 2. The van der Waals surface area contributed by atoms with Crippen LogP contribution in [0.5, 0.6) is 0 Å². The Morgan fingerprint density at radius 1 is 1.38 bits per heavy atom. The van der Waals surface area contributed by atoms with E-state index in [1.54, 1.807) is 29.4 Å². The first-order chi connectivity index (χ1) is 11.6. The van der Waals surface area contributed by atoms with Crippen LogP contribution in [0, 0.1) is 0 Å². The second kappa shape index (κ2) is 7.24. The average molecular weight is 330 g/mol. The molecule has 2 aromatic rings. The topological polar surface area (TPSA) is 101 Å². The van der Waals surface area contributed by atoms with Gasteiger partial charge in [-0.25, -0.2) is 14.8 Å². The van der Waals surface area contributed by atoms with Crippen LogP contribution in [0.4, 0.5) is 10.7 Å². The Morgan fingerprint density at radius 3 is 2.88 bits per heavy atom. The van der Waals surface area contributed by atoms with Crippen molar-refractivity contribution < 1.29 is 4.79 Å². The fourth-order valence-electron chi connectivity index (χ4n) is 2.90. The number of anilines is 1. The van der Waals surface area contributed by atoms with Crippen molar-refractivity contribution >= 4 is 12.0 Å². The standard InChI is InChI=1S/C15H22N8O/c1-11(13-21-18-10-22(13)2)19-15(24)20-12-5-3-8-23(9-12)14-16-6-4-7-17-14/h4,6-7,10-12H,3,5,8-9H2,1-2H3,(H2,19,20,24)/t11-,12-/m1/s1. The van der Waals surface area contributed by atoms with E-state index in [1.165, 1.54) is 0 Å². The summed E-state index contributed by atoms with van der Waals surface area (Å²) < 4.78 is 1.79. The predicted octanol–water partition coefficient (Wildman–Crippen LogP) is 0.634. The lowest BCUT2D eigenvalue weighted by molar-refractivity contribution is 0.231. The normalized spacial score (nSPS) is 18.9. The van der Waals surface area contributed by atoms with E-state index in [4.69, 9.17) is 0 Å². The molecule has 0 aliphatic carbocycles. The SMILES string of the molecule is C[C@@H](NC(=O)N[C@@H]1CCCN(c2ncccn2)C1)c1nncn1C. The molecule has 3 rings (SSSR count). The highest BCUT2D eigenvalue weighted by Crippen LogP contribution is 2.15. The van der Waals surface area contributed by atoms with E-state index < -0.39 is 0 Å². The number of hydrogen-bond donors (Lipinski definition) is 2. The van der Waals surface area contributed by atoms with Crippen LogP contribution < -0.4 is 15.5 Å². The van der Waals surface area contributed by atoms with E-state index in [0.717, 1.165) is 19.4 Å². The Bertz CT molecular complexity index is 673. The number of hydrogen-bond acceptors (Lipinski definition) is 6. The summed E-state index contributed by atoms with van der Waals surface area (Å²) in [5.74, 6) is 1.42. The lowest BCUT2D eigenvalue weighted by Crippen LogP contribution is -2.51. The van der Waals surface area contributed by atoms with Crippen molar-refractivity contribution in [3.63, 3.8) is 0 Å². The van der Waals surface area contributed by atoms with Crippen molar-refractivity contribution in [2.45, 2.75) is 31.8 Å². The molecule has 3 heterocycles. The summed E-state index contributed by atoms with van der Waals surface area (Å²) in [6.45, 7) is 3.49. The second-order valence-electron chi connectivity index (χ2n) is 5.97. The first kappa shape index (κ1) is 16.2. The van der Waals surface area contributed by atoms with Crippen LogP contribution >= 0.6 is 0 Å². The molecule has 0 saturated carbocycles. The third-order valence-electron chi connectivity index (χ3n) is 4.07. The zero-order valence-corrected chi connectivity index (χ0v) is 13.9. The molecular formula is C15H22N8O. The number of carbonyl (C=O) groups excluding carboxylic acids is 1. The number of urea groups is 1. The molecule has 0 aromatic carbocycles. The Morgan fingerprint density at radius 2 is 2.17 bits per heavy atom. The highest BCUT2D eigenvalue weighted by Gasteiger charge is 2.24. The highest BCUT2D eigenvalue weighted by molar-refractivity contribution is 5.74. The molecule has 0 radical (unpaired) electrons.